The van der Waals surface area contributed by atoms with Crippen molar-refractivity contribution in [2.45, 2.75) is 52.7 Å². The van der Waals surface area contributed by atoms with Crippen LogP contribution in [0.3, 0.4) is 0 Å². The number of hydrogen-bond donors (Lipinski definition) is 1. The first kappa shape index (κ1) is 20.6. The molecule has 0 fully saturated rings. The van der Waals surface area contributed by atoms with Gasteiger partial charge in [0, 0.05) is 28.1 Å². The standard InChI is InChI=1S/C21H26N4OS2/c1-6-16-15(5)27-11-17(16)20-23-24-21(25(20)7-2)28-12-18(26)22-19-13(3)9-8-10-14(19)4/h8-11H,6-7,12H2,1-5H3,(H,22,26). The van der Waals surface area contributed by atoms with E-state index in [0.717, 1.165) is 46.3 Å². The molecule has 1 N–H and O–H groups in total. The Balaban J connectivity index is 1.75. The highest BCUT2D eigenvalue weighted by molar-refractivity contribution is 7.99. The highest BCUT2D eigenvalue weighted by Crippen LogP contribution is 2.32. The summed E-state index contributed by atoms with van der Waals surface area (Å²) in [6.45, 7) is 11.2. The summed E-state index contributed by atoms with van der Waals surface area (Å²) in [6, 6.07) is 6.00. The minimum absolute atomic E-state index is 0.0322. The van der Waals surface area contributed by atoms with E-state index in [1.165, 1.54) is 22.2 Å². The van der Waals surface area contributed by atoms with E-state index >= 15 is 0 Å². The fraction of sp³-hybridized carbons (Fsp3) is 0.381. The van der Waals surface area contributed by atoms with Crippen LogP contribution in [0.25, 0.3) is 11.4 Å². The molecule has 2 aromatic heterocycles. The number of nitrogens with zero attached hydrogens (tertiary/aromatic N) is 3. The maximum atomic E-state index is 12.5. The van der Waals surface area contributed by atoms with Gasteiger partial charge < -0.3 is 9.88 Å². The van der Waals surface area contributed by atoms with E-state index in [0.29, 0.717) is 5.75 Å². The molecule has 0 aliphatic carbocycles. The first-order chi connectivity index (χ1) is 13.5. The molecule has 28 heavy (non-hydrogen) atoms. The number of aromatic nitrogens is 3. The zero-order valence-electron chi connectivity index (χ0n) is 17.0. The number of carbonyl (C=O) groups excluding carboxylic acids is 1. The Kier molecular flexibility index (Phi) is 6.57. The normalized spacial score (nSPS) is 11.0. The molecule has 1 amide bonds. The second-order valence-corrected chi connectivity index (χ2v) is 8.72. The van der Waals surface area contributed by atoms with Gasteiger partial charge in [-0.25, -0.2) is 0 Å². The summed E-state index contributed by atoms with van der Waals surface area (Å²) in [5.41, 5.74) is 5.52. The van der Waals surface area contributed by atoms with E-state index in [1.807, 2.05) is 32.0 Å². The first-order valence-corrected chi connectivity index (χ1v) is 11.3. The van der Waals surface area contributed by atoms with Gasteiger partial charge in [-0.15, -0.1) is 21.5 Å². The number of anilines is 1. The molecule has 148 valence electrons. The maximum absolute atomic E-state index is 12.5. The van der Waals surface area contributed by atoms with Crippen molar-refractivity contribution in [2.24, 2.45) is 0 Å². The third-order valence-corrected chi connectivity index (χ3v) is 6.73. The van der Waals surface area contributed by atoms with Crippen LogP contribution in [0.15, 0.2) is 28.7 Å². The molecular formula is C21H26N4OS2. The van der Waals surface area contributed by atoms with Crippen LogP contribution in [0.5, 0.6) is 0 Å². The molecule has 7 heteroatoms. The fourth-order valence-corrected chi connectivity index (χ4v) is 5.04. The summed E-state index contributed by atoms with van der Waals surface area (Å²) in [5.74, 6) is 1.16. The number of benzene rings is 1. The van der Waals surface area contributed by atoms with Crippen molar-refractivity contribution in [3.05, 3.63) is 45.1 Å². The number of nitrogens with one attached hydrogen (secondary N) is 1. The molecular weight excluding hydrogens is 388 g/mol. The minimum atomic E-state index is -0.0322. The monoisotopic (exact) mass is 414 g/mol. The number of thioether (sulfide) groups is 1. The fourth-order valence-electron chi connectivity index (χ4n) is 3.30. The number of aryl methyl sites for hydroxylation is 3. The van der Waals surface area contributed by atoms with Crippen molar-refractivity contribution in [1.82, 2.24) is 14.8 Å². The van der Waals surface area contributed by atoms with Gasteiger partial charge in [0.1, 0.15) is 0 Å². The molecule has 0 spiro atoms. The van der Waals surface area contributed by atoms with Crippen LogP contribution in [0, 0.1) is 20.8 Å². The average Bonchev–Trinajstić information content (AvgIpc) is 3.25. The Morgan fingerprint density at radius 2 is 1.89 bits per heavy atom. The third-order valence-electron chi connectivity index (χ3n) is 4.81. The second-order valence-electron chi connectivity index (χ2n) is 6.69. The molecule has 0 aliphatic rings. The lowest BCUT2D eigenvalue weighted by Gasteiger charge is -2.11. The van der Waals surface area contributed by atoms with Crippen LogP contribution in [-0.4, -0.2) is 26.4 Å². The van der Waals surface area contributed by atoms with E-state index in [4.69, 9.17) is 0 Å². The summed E-state index contributed by atoms with van der Waals surface area (Å²) >= 11 is 3.18. The van der Waals surface area contributed by atoms with Gasteiger partial charge in [0.05, 0.1) is 5.75 Å². The molecule has 0 atom stereocenters. The Hall–Kier alpha value is -2.12. The van der Waals surface area contributed by atoms with Crippen molar-refractivity contribution in [1.29, 1.82) is 0 Å². The number of thiophene rings is 1. The molecule has 3 rings (SSSR count). The highest BCUT2D eigenvalue weighted by Gasteiger charge is 2.19. The largest absolute Gasteiger partial charge is 0.325 e. The van der Waals surface area contributed by atoms with Crippen LogP contribution >= 0.6 is 23.1 Å². The van der Waals surface area contributed by atoms with Gasteiger partial charge in [-0.1, -0.05) is 36.9 Å². The lowest BCUT2D eigenvalue weighted by molar-refractivity contribution is -0.113. The molecule has 1 aromatic carbocycles. The topological polar surface area (TPSA) is 59.8 Å². The Morgan fingerprint density at radius 1 is 1.18 bits per heavy atom. The zero-order valence-corrected chi connectivity index (χ0v) is 18.6. The summed E-state index contributed by atoms with van der Waals surface area (Å²) in [4.78, 5) is 13.8. The van der Waals surface area contributed by atoms with Crippen LogP contribution < -0.4 is 5.32 Å². The van der Waals surface area contributed by atoms with Gasteiger partial charge in [0.15, 0.2) is 11.0 Å². The molecule has 0 saturated heterocycles. The molecule has 3 aromatic rings. The van der Waals surface area contributed by atoms with Crippen LogP contribution in [-0.2, 0) is 17.8 Å². The summed E-state index contributed by atoms with van der Waals surface area (Å²) in [7, 11) is 0. The smallest absolute Gasteiger partial charge is 0.234 e. The SMILES string of the molecule is CCc1c(-c2nnc(SCC(=O)Nc3c(C)cccc3C)n2CC)csc1C. The Morgan fingerprint density at radius 3 is 2.54 bits per heavy atom. The van der Waals surface area contributed by atoms with E-state index in [9.17, 15) is 4.79 Å². The van der Waals surface area contributed by atoms with Gasteiger partial charge in [0.25, 0.3) is 0 Å². The summed E-state index contributed by atoms with van der Waals surface area (Å²) < 4.78 is 2.09. The molecule has 0 unspecified atom stereocenters. The molecule has 5 nitrogen and oxygen atoms in total. The average molecular weight is 415 g/mol. The van der Waals surface area contributed by atoms with Gasteiger partial charge in [-0.2, -0.15) is 0 Å². The van der Waals surface area contributed by atoms with Gasteiger partial charge in [-0.05, 0) is 50.8 Å². The molecule has 2 heterocycles. The number of para-hydroxylation sites is 1. The van der Waals surface area contributed by atoms with Crippen molar-refractivity contribution in [3.8, 4) is 11.4 Å². The quantitative estimate of drug-likeness (QED) is 0.537. The minimum Gasteiger partial charge on any atom is -0.325 e. The number of carbonyl (C=O) groups is 1. The van der Waals surface area contributed by atoms with Crippen molar-refractivity contribution in [3.63, 3.8) is 0 Å². The van der Waals surface area contributed by atoms with E-state index in [-0.39, 0.29) is 5.91 Å². The predicted octanol–water partition coefficient (Wildman–Crippen LogP) is 5.24. The lowest BCUT2D eigenvalue weighted by Crippen LogP contribution is -2.16. The Labute approximate surface area is 174 Å². The predicted molar refractivity (Wildman–Crippen MR) is 118 cm³/mol. The zero-order chi connectivity index (χ0) is 20.3. The maximum Gasteiger partial charge on any atom is 0.234 e. The second kappa shape index (κ2) is 8.92. The van der Waals surface area contributed by atoms with E-state index < -0.39 is 0 Å². The number of hydrogen-bond acceptors (Lipinski definition) is 5. The molecule has 0 saturated carbocycles. The lowest BCUT2D eigenvalue weighted by atomic mass is 10.1. The van der Waals surface area contributed by atoms with Gasteiger partial charge in [-0.3, -0.25) is 4.79 Å². The van der Waals surface area contributed by atoms with E-state index in [1.54, 1.807) is 11.3 Å². The molecule has 0 radical (unpaired) electrons. The number of rotatable bonds is 7. The first-order valence-electron chi connectivity index (χ1n) is 9.45. The van der Waals surface area contributed by atoms with Gasteiger partial charge in [0.2, 0.25) is 5.91 Å². The highest BCUT2D eigenvalue weighted by atomic mass is 32.2. The van der Waals surface area contributed by atoms with Gasteiger partial charge >= 0.3 is 0 Å². The Bertz CT molecular complexity index is 970. The van der Waals surface area contributed by atoms with Crippen LogP contribution in [0.1, 0.15) is 35.4 Å². The van der Waals surface area contributed by atoms with Crippen molar-refractivity contribution < 1.29 is 4.79 Å². The molecule has 0 aliphatic heterocycles. The van der Waals surface area contributed by atoms with E-state index in [2.05, 4.69) is 46.2 Å². The third kappa shape index (κ3) is 4.15. The van der Waals surface area contributed by atoms with Crippen molar-refractivity contribution in [2.75, 3.05) is 11.1 Å². The van der Waals surface area contributed by atoms with Crippen LogP contribution in [0.2, 0.25) is 0 Å². The van der Waals surface area contributed by atoms with Crippen LogP contribution in [0.4, 0.5) is 5.69 Å². The van der Waals surface area contributed by atoms with Crippen molar-refractivity contribution >= 4 is 34.7 Å². The summed E-state index contributed by atoms with van der Waals surface area (Å²) in [6.07, 6.45) is 0.974. The summed E-state index contributed by atoms with van der Waals surface area (Å²) in [5, 5.41) is 14.8. The molecule has 0 bridgehead atoms. The number of amides is 1.